The molecule has 1 aromatic carbocycles. The quantitative estimate of drug-likeness (QED) is 0.730. The Kier molecular flexibility index (Phi) is 4.18. The zero-order valence-corrected chi connectivity index (χ0v) is 10.5. The number of aliphatic hydroxyl groups is 1. The third-order valence-electron chi connectivity index (χ3n) is 2.26. The topological polar surface area (TPSA) is 78.0 Å². The Bertz CT molecular complexity index is 642. The van der Waals surface area contributed by atoms with Crippen molar-refractivity contribution in [2.24, 2.45) is 0 Å². The predicted octanol–water partition coefficient (Wildman–Crippen LogP) is 1.66. The highest BCUT2D eigenvalue weighted by atomic mass is 35.5. The van der Waals surface area contributed by atoms with Crippen molar-refractivity contribution in [3.8, 4) is 11.8 Å². The van der Waals surface area contributed by atoms with Crippen molar-refractivity contribution in [1.29, 1.82) is 0 Å². The van der Waals surface area contributed by atoms with E-state index in [1.165, 1.54) is 12.3 Å². The maximum absolute atomic E-state index is 11.9. The first-order chi connectivity index (χ1) is 9.20. The average Bonchev–Trinajstić information content (AvgIpc) is 2.90. The maximum Gasteiger partial charge on any atom is 0.258 e. The minimum atomic E-state index is -0.321. The van der Waals surface area contributed by atoms with Crippen LogP contribution in [0.25, 0.3) is 0 Å². The number of hydrogen-bond acceptors (Lipinski definition) is 3. The van der Waals surface area contributed by atoms with Crippen LogP contribution in [-0.2, 0) is 0 Å². The molecule has 1 amide bonds. The predicted molar refractivity (Wildman–Crippen MR) is 72.0 cm³/mol. The van der Waals surface area contributed by atoms with Crippen molar-refractivity contribution < 1.29 is 9.90 Å². The molecule has 19 heavy (non-hydrogen) atoms. The van der Waals surface area contributed by atoms with E-state index in [-0.39, 0.29) is 12.5 Å². The van der Waals surface area contributed by atoms with E-state index in [0.29, 0.717) is 22.1 Å². The van der Waals surface area contributed by atoms with Crippen molar-refractivity contribution in [3.63, 3.8) is 0 Å². The van der Waals surface area contributed by atoms with Crippen molar-refractivity contribution in [2.45, 2.75) is 0 Å². The largest absolute Gasteiger partial charge is 0.384 e. The molecule has 2 aromatic rings. The van der Waals surface area contributed by atoms with E-state index in [4.69, 9.17) is 16.7 Å². The summed E-state index contributed by atoms with van der Waals surface area (Å²) in [6.45, 7) is -0.239. The fraction of sp³-hybridized carbons (Fsp3) is 0.0769. The van der Waals surface area contributed by atoms with E-state index in [1.54, 1.807) is 18.3 Å². The number of rotatable bonds is 2. The van der Waals surface area contributed by atoms with Gasteiger partial charge in [-0.2, -0.15) is 0 Å². The third-order valence-corrected chi connectivity index (χ3v) is 2.58. The lowest BCUT2D eigenvalue weighted by Gasteiger charge is -2.03. The Balaban J connectivity index is 2.17. The molecule has 0 spiro atoms. The van der Waals surface area contributed by atoms with Crippen LogP contribution in [-0.4, -0.2) is 27.6 Å². The summed E-state index contributed by atoms with van der Waals surface area (Å²) < 4.78 is 0. The highest BCUT2D eigenvalue weighted by molar-refractivity contribution is 6.32. The summed E-state index contributed by atoms with van der Waals surface area (Å²) in [5.41, 5.74) is 0.959. The highest BCUT2D eigenvalue weighted by Crippen LogP contribution is 2.17. The fourth-order valence-corrected chi connectivity index (χ4v) is 1.63. The first-order valence-electron chi connectivity index (χ1n) is 5.40. The Morgan fingerprint density at radius 2 is 2.37 bits per heavy atom. The third kappa shape index (κ3) is 3.35. The molecule has 0 aliphatic heterocycles. The number of anilines is 1. The number of aromatic amines is 1. The summed E-state index contributed by atoms with van der Waals surface area (Å²) in [6, 6.07) is 4.74. The highest BCUT2D eigenvalue weighted by Gasteiger charge is 2.09. The van der Waals surface area contributed by atoms with E-state index in [1.807, 2.05) is 0 Å². The number of hydrogen-bond donors (Lipinski definition) is 3. The van der Waals surface area contributed by atoms with Gasteiger partial charge in [0.1, 0.15) is 6.61 Å². The second-order valence-electron chi connectivity index (χ2n) is 3.55. The van der Waals surface area contributed by atoms with Crippen LogP contribution >= 0.6 is 11.6 Å². The molecule has 1 heterocycles. The van der Waals surface area contributed by atoms with Crippen molar-refractivity contribution >= 4 is 23.5 Å². The van der Waals surface area contributed by atoms with Crippen LogP contribution in [0, 0.1) is 11.8 Å². The van der Waals surface area contributed by atoms with Gasteiger partial charge in [-0.25, -0.2) is 4.98 Å². The SMILES string of the molecule is O=C(Nc1ncc[nH]1)c1ccc(C#CCO)c(Cl)c1. The summed E-state index contributed by atoms with van der Waals surface area (Å²) in [5.74, 6) is 5.23. The molecule has 0 aliphatic rings. The summed E-state index contributed by atoms with van der Waals surface area (Å²) >= 11 is 6.00. The Morgan fingerprint density at radius 3 is 3.00 bits per heavy atom. The number of imidazole rings is 1. The summed E-state index contributed by atoms with van der Waals surface area (Å²) in [6.07, 6.45) is 3.15. The lowest BCUT2D eigenvalue weighted by Crippen LogP contribution is -2.12. The molecule has 0 atom stereocenters. The first kappa shape index (κ1) is 13.1. The number of benzene rings is 1. The normalized spacial score (nSPS) is 9.58. The standard InChI is InChI=1S/C13H10ClN3O2/c14-11-8-10(4-3-9(11)2-1-7-18)12(19)17-13-15-5-6-16-13/h3-6,8,18H,7H2,(H2,15,16,17,19). The Morgan fingerprint density at radius 1 is 1.53 bits per heavy atom. The van der Waals surface area contributed by atoms with Gasteiger partial charge in [0, 0.05) is 23.5 Å². The zero-order valence-electron chi connectivity index (χ0n) is 9.77. The molecule has 0 saturated heterocycles. The monoisotopic (exact) mass is 275 g/mol. The van der Waals surface area contributed by atoms with E-state index < -0.39 is 0 Å². The van der Waals surface area contributed by atoms with Gasteiger partial charge in [-0.15, -0.1) is 0 Å². The number of aliphatic hydroxyl groups excluding tert-OH is 1. The molecule has 1 aromatic heterocycles. The second kappa shape index (κ2) is 6.05. The van der Waals surface area contributed by atoms with E-state index in [9.17, 15) is 4.79 Å². The lowest BCUT2D eigenvalue weighted by molar-refractivity contribution is 0.102. The van der Waals surface area contributed by atoms with Gasteiger partial charge >= 0.3 is 0 Å². The van der Waals surface area contributed by atoms with Gasteiger partial charge in [-0.05, 0) is 18.2 Å². The molecule has 0 radical (unpaired) electrons. The van der Waals surface area contributed by atoms with E-state index in [2.05, 4.69) is 27.1 Å². The lowest BCUT2D eigenvalue weighted by atomic mass is 10.1. The van der Waals surface area contributed by atoms with Crippen LogP contribution in [0.5, 0.6) is 0 Å². The van der Waals surface area contributed by atoms with Gasteiger partial charge in [0.15, 0.2) is 0 Å². The van der Waals surface area contributed by atoms with Gasteiger partial charge < -0.3 is 10.1 Å². The van der Waals surface area contributed by atoms with Crippen LogP contribution in [0.3, 0.4) is 0 Å². The molecular weight excluding hydrogens is 266 g/mol. The van der Waals surface area contributed by atoms with Gasteiger partial charge in [0.2, 0.25) is 5.95 Å². The minimum absolute atomic E-state index is 0.239. The molecule has 0 fully saturated rings. The molecule has 0 aliphatic carbocycles. The molecule has 96 valence electrons. The number of carbonyl (C=O) groups is 1. The minimum Gasteiger partial charge on any atom is -0.384 e. The Hall–Kier alpha value is -2.29. The number of H-pyrrole nitrogens is 1. The molecule has 5 nitrogen and oxygen atoms in total. The molecule has 2 rings (SSSR count). The van der Waals surface area contributed by atoms with Gasteiger partial charge in [-0.1, -0.05) is 23.4 Å². The van der Waals surface area contributed by atoms with Crippen molar-refractivity contribution in [3.05, 3.63) is 46.7 Å². The van der Waals surface area contributed by atoms with Crippen molar-refractivity contribution in [2.75, 3.05) is 11.9 Å². The Labute approximate surface area is 114 Å². The molecule has 0 saturated carbocycles. The fourth-order valence-electron chi connectivity index (χ4n) is 1.41. The van der Waals surface area contributed by atoms with Crippen LogP contribution in [0.1, 0.15) is 15.9 Å². The first-order valence-corrected chi connectivity index (χ1v) is 5.78. The van der Waals surface area contributed by atoms with Gasteiger partial charge in [-0.3, -0.25) is 10.1 Å². The molecule has 6 heteroatoms. The average molecular weight is 276 g/mol. The van der Waals surface area contributed by atoms with Crippen molar-refractivity contribution in [1.82, 2.24) is 9.97 Å². The summed E-state index contributed by atoms with van der Waals surface area (Å²) in [5, 5.41) is 11.6. The van der Waals surface area contributed by atoms with Crippen LogP contribution in [0.2, 0.25) is 5.02 Å². The second-order valence-corrected chi connectivity index (χ2v) is 3.95. The van der Waals surface area contributed by atoms with Gasteiger partial charge in [0.25, 0.3) is 5.91 Å². The van der Waals surface area contributed by atoms with E-state index >= 15 is 0 Å². The number of aromatic nitrogens is 2. The number of halogens is 1. The molecule has 3 N–H and O–H groups in total. The number of carbonyl (C=O) groups excluding carboxylic acids is 1. The summed E-state index contributed by atoms with van der Waals surface area (Å²) in [7, 11) is 0. The molecule has 0 unspecified atom stereocenters. The van der Waals surface area contributed by atoms with Crippen LogP contribution in [0.4, 0.5) is 5.95 Å². The smallest absolute Gasteiger partial charge is 0.258 e. The zero-order chi connectivity index (χ0) is 13.7. The van der Waals surface area contributed by atoms with Crippen LogP contribution in [0.15, 0.2) is 30.6 Å². The summed E-state index contributed by atoms with van der Waals surface area (Å²) in [4.78, 5) is 18.5. The molecular formula is C13H10ClN3O2. The van der Waals surface area contributed by atoms with Crippen LogP contribution < -0.4 is 5.32 Å². The van der Waals surface area contributed by atoms with Gasteiger partial charge in [0.05, 0.1) is 5.02 Å². The number of amides is 1. The molecule has 0 bridgehead atoms. The maximum atomic E-state index is 11.9. The number of nitrogens with one attached hydrogen (secondary N) is 2. The number of nitrogens with zero attached hydrogens (tertiary/aromatic N) is 1. The van der Waals surface area contributed by atoms with E-state index in [0.717, 1.165) is 0 Å².